The van der Waals surface area contributed by atoms with Gasteiger partial charge in [-0.05, 0) is 40.6 Å². The fraction of sp³-hybridized carbons (Fsp3) is 0.318. The van der Waals surface area contributed by atoms with Gasteiger partial charge in [-0.25, -0.2) is 0 Å². The second-order valence-corrected chi connectivity index (χ2v) is 8.29. The molecule has 3 amide bonds. The maximum atomic E-state index is 12.9. The Labute approximate surface area is 174 Å². The van der Waals surface area contributed by atoms with E-state index in [1.807, 2.05) is 23.6 Å². The molecule has 150 valence electrons. The summed E-state index contributed by atoms with van der Waals surface area (Å²) in [6.45, 7) is 0. The molecule has 0 spiro atoms. The topological polar surface area (TPSA) is 60.9 Å². The Bertz CT molecular complexity index is 985. The summed E-state index contributed by atoms with van der Waals surface area (Å²) in [7, 11) is 6.72. The van der Waals surface area contributed by atoms with Gasteiger partial charge in [0.2, 0.25) is 5.91 Å². The summed E-state index contributed by atoms with van der Waals surface area (Å²) in [4.78, 5) is 43.3. The van der Waals surface area contributed by atoms with Gasteiger partial charge in [0, 0.05) is 45.1 Å². The Kier molecular flexibility index (Phi) is 5.76. The molecule has 0 bridgehead atoms. The standard InChI is InChI=1S/C22H23N3O3S/c1-6-18(26)25-17(22(28)24(4)5)13-16-11-12-29-20(16)19(25)14-7-9-15(10-8-14)21(27)23(2)3/h1,7-12,17,19H,13H2,2-5H3/t17-,19+/m1/s1. The van der Waals surface area contributed by atoms with E-state index in [2.05, 4.69) is 5.92 Å². The second-order valence-electron chi connectivity index (χ2n) is 7.34. The molecule has 0 fully saturated rings. The molecule has 2 heterocycles. The predicted molar refractivity (Wildman–Crippen MR) is 112 cm³/mol. The first-order valence-electron chi connectivity index (χ1n) is 9.14. The van der Waals surface area contributed by atoms with Crippen LogP contribution in [0.2, 0.25) is 0 Å². The molecule has 7 heteroatoms. The van der Waals surface area contributed by atoms with Gasteiger partial charge in [0.05, 0.1) is 6.04 Å². The average Bonchev–Trinajstić information content (AvgIpc) is 3.19. The van der Waals surface area contributed by atoms with E-state index in [9.17, 15) is 14.4 Å². The minimum atomic E-state index is -0.677. The molecule has 0 unspecified atom stereocenters. The Morgan fingerprint density at radius 2 is 1.72 bits per heavy atom. The highest BCUT2D eigenvalue weighted by molar-refractivity contribution is 7.10. The van der Waals surface area contributed by atoms with Gasteiger partial charge in [-0.1, -0.05) is 12.1 Å². The van der Waals surface area contributed by atoms with Crippen molar-refractivity contribution in [1.29, 1.82) is 0 Å². The summed E-state index contributed by atoms with van der Waals surface area (Å²) in [5, 5.41) is 1.96. The van der Waals surface area contributed by atoms with Gasteiger partial charge in [0.1, 0.15) is 6.04 Å². The molecule has 6 nitrogen and oxygen atoms in total. The molecule has 1 aromatic heterocycles. The van der Waals surface area contributed by atoms with Crippen molar-refractivity contribution in [3.63, 3.8) is 0 Å². The van der Waals surface area contributed by atoms with E-state index >= 15 is 0 Å². The third kappa shape index (κ3) is 3.76. The number of benzene rings is 1. The first-order valence-corrected chi connectivity index (χ1v) is 10.0. The number of fused-ring (bicyclic) bond motifs is 1. The van der Waals surface area contributed by atoms with Gasteiger partial charge in [-0.2, -0.15) is 0 Å². The van der Waals surface area contributed by atoms with Crippen molar-refractivity contribution in [1.82, 2.24) is 14.7 Å². The van der Waals surface area contributed by atoms with Gasteiger partial charge in [0.15, 0.2) is 0 Å². The van der Waals surface area contributed by atoms with Crippen LogP contribution in [0.25, 0.3) is 0 Å². The molecule has 2 aromatic rings. The van der Waals surface area contributed by atoms with Crippen LogP contribution in [0.15, 0.2) is 35.7 Å². The molecule has 0 saturated carbocycles. The third-order valence-electron chi connectivity index (χ3n) is 5.02. The third-order valence-corrected chi connectivity index (χ3v) is 6.03. The number of hydrogen-bond acceptors (Lipinski definition) is 4. The van der Waals surface area contributed by atoms with E-state index in [1.165, 1.54) is 26.0 Å². The number of terminal acetylenes is 1. The molecule has 0 N–H and O–H groups in total. The highest BCUT2D eigenvalue weighted by atomic mass is 32.1. The Morgan fingerprint density at radius 1 is 1.07 bits per heavy atom. The molecule has 1 aliphatic heterocycles. The zero-order valence-electron chi connectivity index (χ0n) is 16.9. The van der Waals surface area contributed by atoms with E-state index in [-0.39, 0.29) is 11.8 Å². The van der Waals surface area contributed by atoms with Gasteiger partial charge in [-0.3, -0.25) is 14.4 Å². The zero-order chi connectivity index (χ0) is 21.3. The smallest absolute Gasteiger partial charge is 0.299 e. The molecule has 29 heavy (non-hydrogen) atoms. The largest absolute Gasteiger partial charge is 0.347 e. The molecule has 1 aromatic carbocycles. The van der Waals surface area contributed by atoms with Crippen LogP contribution < -0.4 is 0 Å². The molecule has 0 saturated heterocycles. The summed E-state index contributed by atoms with van der Waals surface area (Å²) in [5.74, 6) is 1.39. The first-order chi connectivity index (χ1) is 13.8. The monoisotopic (exact) mass is 409 g/mol. The van der Waals surface area contributed by atoms with Crippen molar-refractivity contribution in [2.75, 3.05) is 28.2 Å². The normalized spacial score (nSPS) is 17.8. The van der Waals surface area contributed by atoms with Crippen molar-refractivity contribution < 1.29 is 14.4 Å². The number of amides is 3. The maximum absolute atomic E-state index is 12.9. The van der Waals surface area contributed by atoms with Crippen LogP contribution in [0.1, 0.15) is 32.4 Å². The number of hydrogen-bond donors (Lipinski definition) is 0. The molecule has 2 atom stereocenters. The molecular weight excluding hydrogens is 386 g/mol. The summed E-state index contributed by atoms with van der Waals surface area (Å²) in [6, 6.07) is 7.96. The van der Waals surface area contributed by atoms with E-state index < -0.39 is 18.0 Å². The Morgan fingerprint density at radius 3 is 2.28 bits per heavy atom. The van der Waals surface area contributed by atoms with E-state index in [4.69, 9.17) is 6.42 Å². The minimum absolute atomic E-state index is 0.103. The van der Waals surface area contributed by atoms with Crippen LogP contribution in [-0.4, -0.2) is 66.7 Å². The lowest BCUT2D eigenvalue weighted by Crippen LogP contribution is -2.53. The SMILES string of the molecule is C#CC(=O)N1[C@@H](c2ccc(C(=O)N(C)C)cc2)c2sccc2C[C@@H]1C(=O)N(C)C. The summed E-state index contributed by atoms with van der Waals surface area (Å²) in [5.41, 5.74) is 2.40. The number of carbonyl (C=O) groups excluding carboxylic acids is 3. The predicted octanol–water partition coefficient (Wildman–Crippen LogP) is 2.01. The first kappa shape index (κ1) is 20.6. The molecular formula is C22H23N3O3S. The zero-order valence-corrected chi connectivity index (χ0v) is 17.7. The Hall–Kier alpha value is -3.11. The number of rotatable bonds is 3. The van der Waals surface area contributed by atoms with Crippen LogP contribution in [0.4, 0.5) is 0 Å². The van der Waals surface area contributed by atoms with E-state index in [0.29, 0.717) is 12.0 Å². The highest BCUT2D eigenvalue weighted by Gasteiger charge is 2.42. The van der Waals surface area contributed by atoms with Crippen LogP contribution >= 0.6 is 11.3 Å². The van der Waals surface area contributed by atoms with Crippen LogP contribution in [0, 0.1) is 12.3 Å². The highest BCUT2D eigenvalue weighted by Crippen LogP contribution is 2.41. The van der Waals surface area contributed by atoms with E-state index in [1.54, 1.807) is 40.3 Å². The number of thiophene rings is 1. The second kappa shape index (κ2) is 8.10. The molecule has 0 aliphatic carbocycles. The average molecular weight is 410 g/mol. The molecule has 0 radical (unpaired) electrons. The van der Waals surface area contributed by atoms with Gasteiger partial charge in [-0.15, -0.1) is 17.8 Å². The number of carbonyl (C=O) groups is 3. The van der Waals surface area contributed by atoms with Crippen molar-refractivity contribution in [2.24, 2.45) is 0 Å². The quantitative estimate of drug-likeness (QED) is 0.729. The number of likely N-dealkylation sites (N-methyl/N-ethyl adjacent to an activating group) is 1. The molecule has 1 aliphatic rings. The van der Waals surface area contributed by atoms with Crippen molar-refractivity contribution in [2.45, 2.75) is 18.5 Å². The van der Waals surface area contributed by atoms with Crippen molar-refractivity contribution in [3.8, 4) is 12.3 Å². The number of nitrogens with zero attached hydrogens (tertiary/aromatic N) is 3. The van der Waals surface area contributed by atoms with Crippen LogP contribution in [0.5, 0.6) is 0 Å². The van der Waals surface area contributed by atoms with Crippen molar-refractivity contribution in [3.05, 3.63) is 57.3 Å². The van der Waals surface area contributed by atoms with Gasteiger partial charge in [0.25, 0.3) is 11.8 Å². The van der Waals surface area contributed by atoms with Crippen LogP contribution in [-0.2, 0) is 16.0 Å². The summed E-state index contributed by atoms with van der Waals surface area (Å²) < 4.78 is 0. The van der Waals surface area contributed by atoms with Crippen LogP contribution in [0.3, 0.4) is 0 Å². The Balaban J connectivity index is 2.11. The lowest BCUT2D eigenvalue weighted by Gasteiger charge is -2.41. The fourth-order valence-electron chi connectivity index (χ4n) is 3.58. The summed E-state index contributed by atoms with van der Waals surface area (Å²) in [6.07, 6.45) is 5.89. The summed E-state index contributed by atoms with van der Waals surface area (Å²) >= 11 is 1.53. The van der Waals surface area contributed by atoms with E-state index in [0.717, 1.165) is 16.0 Å². The van der Waals surface area contributed by atoms with Gasteiger partial charge >= 0.3 is 0 Å². The lowest BCUT2D eigenvalue weighted by molar-refractivity contribution is -0.143. The fourth-order valence-corrected chi connectivity index (χ4v) is 4.64. The van der Waals surface area contributed by atoms with Gasteiger partial charge < -0.3 is 14.7 Å². The minimum Gasteiger partial charge on any atom is -0.347 e. The molecule has 3 rings (SSSR count). The lowest BCUT2D eigenvalue weighted by atomic mass is 9.89. The maximum Gasteiger partial charge on any atom is 0.299 e. The van der Waals surface area contributed by atoms with Crippen molar-refractivity contribution >= 4 is 29.1 Å².